The zero-order valence-corrected chi connectivity index (χ0v) is 10.9. The fourth-order valence-corrected chi connectivity index (χ4v) is 3.34. The van der Waals surface area contributed by atoms with Crippen LogP contribution >= 0.6 is 0 Å². The Balaban J connectivity index is 1.90. The summed E-state index contributed by atoms with van der Waals surface area (Å²) in [6.07, 6.45) is 2.32. The van der Waals surface area contributed by atoms with E-state index in [1.807, 2.05) is 0 Å². The van der Waals surface area contributed by atoms with Crippen molar-refractivity contribution < 1.29 is 18.7 Å². The van der Waals surface area contributed by atoms with Crippen LogP contribution in [0.5, 0.6) is 0 Å². The Morgan fingerprint density at radius 3 is 2.20 bits per heavy atom. The summed E-state index contributed by atoms with van der Waals surface area (Å²) >= 11 is 0. The number of nitrogens with zero attached hydrogens (tertiary/aromatic N) is 1. The van der Waals surface area contributed by atoms with Gasteiger partial charge in [0.1, 0.15) is 17.3 Å². The highest BCUT2D eigenvalue weighted by Crippen LogP contribution is 2.37. The summed E-state index contributed by atoms with van der Waals surface area (Å²) < 4.78 is 26.9. The van der Waals surface area contributed by atoms with Crippen molar-refractivity contribution in [2.45, 2.75) is 43.9 Å². The SMILES string of the molecule is Nc1c(F)cc(C(=O)N2C3CCC2CC(O)C3)cc1F. The van der Waals surface area contributed by atoms with E-state index < -0.39 is 23.4 Å². The maximum Gasteiger partial charge on any atom is 0.254 e. The van der Waals surface area contributed by atoms with E-state index in [0.29, 0.717) is 12.8 Å². The van der Waals surface area contributed by atoms with Crippen LogP contribution in [-0.2, 0) is 0 Å². The molecule has 2 aliphatic rings. The van der Waals surface area contributed by atoms with Crippen molar-refractivity contribution in [3.63, 3.8) is 0 Å². The number of fused-ring (bicyclic) bond motifs is 2. The molecule has 2 aliphatic heterocycles. The van der Waals surface area contributed by atoms with Crippen LogP contribution in [0.25, 0.3) is 0 Å². The number of amides is 1. The summed E-state index contributed by atoms with van der Waals surface area (Å²) in [4.78, 5) is 14.1. The molecule has 2 bridgehead atoms. The Labute approximate surface area is 115 Å². The first-order valence-electron chi connectivity index (χ1n) is 6.72. The second-order valence-corrected chi connectivity index (χ2v) is 5.58. The molecule has 4 nitrogen and oxygen atoms in total. The Morgan fingerprint density at radius 1 is 1.20 bits per heavy atom. The minimum Gasteiger partial charge on any atom is -0.394 e. The van der Waals surface area contributed by atoms with Crippen LogP contribution < -0.4 is 5.73 Å². The van der Waals surface area contributed by atoms with Gasteiger partial charge < -0.3 is 15.7 Å². The first-order valence-corrected chi connectivity index (χ1v) is 6.72. The molecular formula is C14H16F2N2O2. The number of piperidine rings is 1. The number of rotatable bonds is 1. The molecule has 0 aromatic heterocycles. The number of carbonyl (C=O) groups excluding carboxylic acids is 1. The normalized spacial score (nSPS) is 28.8. The number of hydrogen-bond donors (Lipinski definition) is 2. The molecule has 2 fully saturated rings. The molecule has 0 radical (unpaired) electrons. The van der Waals surface area contributed by atoms with Crippen molar-refractivity contribution in [2.24, 2.45) is 0 Å². The largest absolute Gasteiger partial charge is 0.394 e. The number of aliphatic hydroxyl groups is 1. The van der Waals surface area contributed by atoms with Crippen LogP contribution in [0.4, 0.5) is 14.5 Å². The fraction of sp³-hybridized carbons (Fsp3) is 0.500. The molecule has 3 N–H and O–H groups in total. The van der Waals surface area contributed by atoms with E-state index in [0.717, 1.165) is 25.0 Å². The molecule has 2 unspecified atom stereocenters. The highest BCUT2D eigenvalue weighted by atomic mass is 19.1. The molecule has 20 heavy (non-hydrogen) atoms. The monoisotopic (exact) mass is 282 g/mol. The van der Waals surface area contributed by atoms with Gasteiger partial charge in [0.25, 0.3) is 5.91 Å². The predicted molar refractivity (Wildman–Crippen MR) is 69.0 cm³/mol. The smallest absolute Gasteiger partial charge is 0.254 e. The van der Waals surface area contributed by atoms with E-state index in [9.17, 15) is 18.7 Å². The molecule has 108 valence electrons. The highest BCUT2D eigenvalue weighted by molar-refractivity contribution is 5.95. The van der Waals surface area contributed by atoms with Gasteiger partial charge in [-0.2, -0.15) is 0 Å². The van der Waals surface area contributed by atoms with Crippen LogP contribution in [0, 0.1) is 11.6 Å². The molecular weight excluding hydrogens is 266 g/mol. The number of nitrogen functional groups attached to an aromatic ring is 1. The van der Waals surface area contributed by atoms with Gasteiger partial charge in [-0.05, 0) is 37.8 Å². The molecule has 1 amide bonds. The van der Waals surface area contributed by atoms with E-state index in [1.165, 1.54) is 0 Å². The standard InChI is InChI=1S/C14H16F2N2O2/c15-11-3-7(4-12(16)13(11)17)14(20)18-8-1-2-9(18)6-10(19)5-8/h3-4,8-10,19H,1-2,5-6,17H2. The molecule has 1 aromatic carbocycles. The van der Waals surface area contributed by atoms with E-state index in [2.05, 4.69) is 0 Å². The lowest BCUT2D eigenvalue weighted by atomic mass is 9.98. The summed E-state index contributed by atoms with van der Waals surface area (Å²) in [5.41, 5.74) is 4.61. The van der Waals surface area contributed by atoms with Gasteiger partial charge in [0.2, 0.25) is 0 Å². The quantitative estimate of drug-likeness (QED) is 0.770. The van der Waals surface area contributed by atoms with Crippen LogP contribution in [-0.4, -0.2) is 34.1 Å². The van der Waals surface area contributed by atoms with Gasteiger partial charge in [-0.1, -0.05) is 0 Å². The summed E-state index contributed by atoms with van der Waals surface area (Å²) in [6, 6.07) is 1.87. The first kappa shape index (κ1) is 13.3. The maximum absolute atomic E-state index is 13.5. The van der Waals surface area contributed by atoms with Crippen molar-refractivity contribution in [1.82, 2.24) is 4.90 Å². The third kappa shape index (κ3) is 2.04. The van der Waals surface area contributed by atoms with Gasteiger partial charge >= 0.3 is 0 Å². The fourth-order valence-electron chi connectivity index (χ4n) is 3.34. The Bertz CT molecular complexity index is 527. The minimum atomic E-state index is -0.919. The van der Waals surface area contributed by atoms with Crippen LogP contribution in [0.2, 0.25) is 0 Å². The van der Waals surface area contributed by atoms with E-state index in [4.69, 9.17) is 5.73 Å². The zero-order valence-electron chi connectivity index (χ0n) is 10.9. The molecule has 3 rings (SSSR count). The topological polar surface area (TPSA) is 66.6 Å². The lowest BCUT2D eigenvalue weighted by Crippen LogP contribution is -2.48. The summed E-state index contributed by atoms with van der Waals surface area (Å²) in [7, 11) is 0. The second kappa shape index (κ2) is 4.70. The lowest BCUT2D eigenvalue weighted by molar-refractivity contribution is 0.0286. The van der Waals surface area contributed by atoms with Gasteiger partial charge in [0, 0.05) is 17.6 Å². The third-order valence-corrected chi connectivity index (χ3v) is 4.27. The van der Waals surface area contributed by atoms with Crippen molar-refractivity contribution >= 4 is 11.6 Å². The maximum atomic E-state index is 13.5. The molecule has 0 aliphatic carbocycles. The zero-order chi connectivity index (χ0) is 14.4. The van der Waals surface area contributed by atoms with Gasteiger partial charge in [-0.25, -0.2) is 8.78 Å². The van der Waals surface area contributed by atoms with E-state index >= 15 is 0 Å². The van der Waals surface area contributed by atoms with Crippen LogP contribution in [0.1, 0.15) is 36.0 Å². The van der Waals surface area contributed by atoms with Crippen LogP contribution in [0.3, 0.4) is 0 Å². The Hall–Kier alpha value is -1.69. The average molecular weight is 282 g/mol. The second-order valence-electron chi connectivity index (χ2n) is 5.58. The van der Waals surface area contributed by atoms with Gasteiger partial charge in [-0.15, -0.1) is 0 Å². The highest BCUT2D eigenvalue weighted by Gasteiger charge is 2.43. The molecule has 2 saturated heterocycles. The Morgan fingerprint density at radius 2 is 1.70 bits per heavy atom. The van der Waals surface area contributed by atoms with E-state index in [1.54, 1.807) is 4.90 Å². The predicted octanol–water partition coefficient (Wildman–Crippen LogP) is 1.67. The molecule has 6 heteroatoms. The van der Waals surface area contributed by atoms with Crippen molar-refractivity contribution in [3.8, 4) is 0 Å². The summed E-state index contributed by atoms with van der Waals surface area (Å²) in [5.74, 6) is -2.22. The number of benzene rings is 1. The van der Waals surface area contributed by atoms with Crippen LogP contribution in [0.15, 0.2) is 12.1 Å². The molecule has 2 atom stereocenters. The van der Waals surface area contributed by atoms with Crippen molar-refractivity contribution in [1.29, 1.82) is 0 Å². The molecule has 2 heterocycles. The third-order valence-electron chi connectivity index (χ3n) is 4.27. The number of hydrogen-bond acceptors (Lipinski definition) is 3. The van der Waals surface area contributed by atoms with Crippen molar-refractivity contribution in [2.75, 3.05) is 5.73 Å². The number of aliphatic hydroxyl groups excluding tert-OH is 1. The average Bonchev–Trinajstić information content (AvgIpc) is 2.66. The van der Waals surface area contributed by atoms with Gasteiger partial charge in [-0.3, -0.25) is 4.79 Å². The summed E-state index contributed by atoms with van der Waals surface area (Å²) in [6.45, 7) is 0. The molecule has 0 spiro atoms. The molecule has 0 saturated carbocycles. The minimum absolute atomic E-state index is 0.0255. The van der Waals surface area contributed by atoms with Gasteiger partial charge in [0.15, 0.2) is 0 Å². The van der Waals surface area contributed by atoms with Crippen molar-refractivity contribution in [3.05, 3.63) is 29.3 Å². The molecule has 1 aromatic rings. The summed E-state index contributed by atoms with van der Waals surface area (Å²) in [5, 5.41) is 9.71. The number of halogens is 2. The lowest BCUT2D eigenvalue weighted by Gasteiger charge is -2.37. The Kier molecular flexibility index (Phi) is 3.12. The van der Waals surface area contributed by atoms with Gasteiger partial charge in [0.05, 0.1) is 6.10 Å². The first-order chi connectivity index (χ1) is 9.47. The van der Waals surface area contributed by atoms with E-state index in [-0.39, 0.29) is 23.6 Å². The number of nitrogens with two attached hydrogens (primary N) is 1. The number of carbonyl (C=O) groups is 1. The number of anilines is 1.